The van der Waals surface area contributed by atoms with Gasteiger partial charge in [0.05, 0.1) is 12.1 Å². The molecule has 466 valence electrons. The first-order chi connectivity index (χ1) is 40.7. The molecule has 2 heterocycles. The second-order valence-electron chi connectivity index (χ2n) is 22.1. The Morgan fingerprint density at radius 3 is 1.80 bits per heavy atom. The van der Waals surface area contributed by atoms with Crippen molar-refractivity contribution in [2.45, 2.75) is 153 Å². The Hall–Kier alpha value is -9.11. The summed E-state index contributed by atoms with van der Waals surface area (Å²) in [6, 6.07) is 9.04. The molecule has 0 bridgehead atoms. The highest BCUT2D eigenvalue weighted by Crippen LogP contribution is 2.24. The lowest BCUT2D eigenvalue weighted by Gasteiger charge is -2.32. The number of carbonyl (C=O) groups is 10. The van der Waals surface area contributed by atoms with Crippen LogP contribution in [-0.4, -0.2) is 164 Å². The number of primary amides is 1. The molecule has 10 atom stereocenters. The molecular weight excluding hydrogens is 1110 g/mol. The largest absolute Gasteiger partial charge is 0.508 e. The van der Waals surface area contributed by atoms with Crippen molar-refractivity contribution in [2.75, 3.05) is 13.1 Å². The summed E-state index contributed by atoms with van der Waals surface area (Å²) in [7, 11) is 0. The monoisotopic (exact) mass is 1190 g/mol. The van der Waals surface area contributed by atoms with E-state index in [1.54, 1.807) is 101 Å². The molecule has 0 aliphatic carbocycles. The molecule has 4 aromatic rings. The quantitative estimate of drug-likeness (QED) is 0.0154. The molecule has 0 spiro atoms. The van der Waals surface area contributed by atoms with Crippen LogP contribution in [0.1, 0.15) is 89.8 Å². The molecule has 1 aromatic heterocycles. The summed E-state index contributed by atoms with van der Waals surface area (Å²) in [4.78, 5) is 147. The van der Waals surface area contributed by atoms with Gasteiger partial charge in [-0.15, -0.1) is 0 Å². The molecule has 19 N–H and O–H groups in total. The molecule has 27 heteroatoms. The number of nitrogens with one attached hydrogen (secondary N) is 8. The first-order valence-electron chi connectivity index (χ1n) is 28.5. The van der Waals surface area contributed by atoms with Crippen molar-refractivity contribution in [3.63, 3.8) is 0 Å². The zero-order valence-corrected chi connectivity index (χ0v) is 48.9. The highest BCUT2D eigenvalue weighted by molar-refractivity contribution is 5.99. The van der Waals surface area contributed by atoms with E-state index >= 15 is 0 Å². The van der Waals surface area contributed by atoms with E-state index in [0.717, 1.165) is 0 Å². The maximum absolute atomic E-state index is 14.8. The third-order valence-corrected chi connectivity index (χ3v) is 14.7. The van der Waals surface area contributed by atoms with Crippen LogP contribution in [-0.2, 0) is 67.2 Å². The number of hydrogen-bond donors (Lipinski definition) is 15. The van der Waals surface area contributed by atoms with Crippen LogP contribution in [0.2, 0.25) is 0 Å². The molecular formula is C59H82N14O13. The number of nitrogens with zero attached hydrogens (tertiary/aromatic N) is 2. The molecule has 3 aromatic carbocycles. The molecule has 86 heavy (non-hydrogen) atoms. The fourth-order valence-corrected chi connectivity index (χ4v) is 9.76. The maximum Gasteiger partial charge on any atom is 0.326 e. The van der Waals surface area contributed by atoms with Crippen molar-refractivity contribution in [3.05, 3.63) is 102 Å². The molecule has 0 radical (unpaired) electrons. The molecule has 1 unspecified atom stereocenters. The Morgan fingerprint density at radius 2 is 1.19 bits per heavy atom. The Balaban J connectivity index is 1.41. The number of aromatic hydroxyl groups is 1. The molecule has 1 saturated heterocycles. The number of rotatable bonds is 32. The molecule has 1 aliphatic heterocycles. The number of guanidine groups is 1. The number of likely N-dealkylation sites (tertiary alicyclic amines) is 1. The van der Waals surface area contributed by atoms with Crippen LogP contribution in [0, 0.1) is 11.8 Å². The summed E-state index contributed by atoms with van der Waals surface area (Å²) in [5.41, 5.74) is 24.9. The van der Waals surface area contributed by atoms with Gasteiger partial charge in [0.1, 0.15) is 54.1 Å². The fraction of sp³-hybridized carbons (Fsp3) is 0.475. The van der Waals surface area contributed by atoms with Crippen LogP contribution < -0.4 is 60.2 Å². The summed E-state index contributed by atoms with van der Waals surface area (Å²) < 4.78 is 0. The predicted octanol–water partition coefficient (Wildman–Crippen LogP) is -1.29. The van der Waals surface area contributed by atoms with Gasteiger partial charge in [0.15, 0.2) is 5.96 Å². The van der Waals surface area contributed by atoms with Crippen molar-refractivity contribution in [3.8, 4) is 5.75 Å². The fourth-order valence-electron chi connectivity index (χ4n) is 9.76. The molecule has 1 fully saturated rings. The van der Waals surface area contributed by atoms with Crippen LogP contribution in [0.25, 0.3) is 10.9 Å². The van der Waals surface area contributed by atoms with E-state index in [-0.39, 0.29) is 69.2 Å². The van der Waals surface area contributed by atoms with E-state index in [0.29, 0.717) is 34.0 Å². The molecule has 1 aliphatic rings. The Labute approximate surface area is 498 Å². The Morgan fingerprint density at radius 1 is 0.628 bits per heavy atom. The lowest BCUT2D eigenvalue weighted by molar-refractivity contribution is -0.143. The van der Waals surface area contributed by atoms with Crippen LogP contribution in [0.4, 0.5) is 0 Å². The first kappa shape index (κ1) is 67.7. The minimum Gasteiger partial charge on any atom is -0.508 e. The predicted molar refractivity (Wildman–Crippen MR) is 318 cm³/mol. The van der Waals surface area contributed by atoms with Crippen LogP contribution in [0.5, 0.6) is 5.75 Å². The van der Waals surface area contributed by atoms with Gasteiger partial charge in [0.25, 0.3) is 0 Å². The average Bonchev–Trinajstić information content (AvgIpc) is 2.56. The topological polar surface area (TPSA) is 451 Å². The molecule has 0 saturated carbocycles. The van der Waals surface area contributed by atoms with Gasteiger partial charge < -0.3 is 85.4 Å². The van der Waals surface area contributed by atoms with Crippen molar-refractivity contribution < 1.29 is 63.3 Å². The maximum atomic E-state index is 14.8. The number of amides is 9. The number of phenolic OH excluding ortho intramolecular Hbond substituents is 1. The van der Waals surface area contributed by atoms with Crippen LogP contribution in [0.3, 0.4) is 0 Å². The number of nitrogens with two attached hydrogens (primary N) is 4. The number of hydrogen-bond acceptors (Lipinski definition) is 14. The van der Waals surface area contributed by atoms with Gasteiger partial charge in [0, 0.05) is 55.9 Å². The van der Waals surface area contributed by atoms with E-state index in [1.165, 1.54) is 24.0 Å². The van der Waals surface area contributed by atoms with E-state index in [1.807, 2.05) is 0 Å². The van der Waals surface area contributed by atoms with Crippen molar-refractivity contribution in [2.24, 2.45) is 39.8 Å². The number of phenols is 1. The van der Waals surface area contributed by atoms with Crippen LogP contribution >= 0.6 is 0 Å². The number of para-hydroxylation sites is 1. The normalized spacial score (nSPS) is 16.2. The van der Waals surface area contributed by atoms with Crippen LogP contribution in [0.15, 0.2) is 90.1 Å². The zero-order valence-electron chi connectivity index (χ0n) is 48.9. The highest BCUT2D eigenvalue weighted by Gasteiger charge is 2.41. The smallest absolute Gasteiger partial charge is 0.326 e. The van der Waals surface area contributed by atoms with Gasteiger partial charge in [-0.2, -0.15) is 0 Å². The number of aliphatic hydroxyl groups excluding tert-OH is 1. The van der Waals surface area contributed by atoms with Gasteiger partial charge in [0.2, 0.25) is 53.2 Å². The molecule has 9 amide bonds. The number of fused-ring (bicyclic) bond motifs is 1. The van der Waals surface area contributed by atoms with E-state index in [4.69, 9.17) is 22.9 Å². The van der Waals surface area contributed by atoms with E-state index < -0.39 is 138 Å². The number of aliphatic hydroxyl groups is 1. The van der Waals surface area contributed by atoms with Gasteiger partial charge in [-0.3, -0.25) is 48.1 Å². The second-order valence-corrected chi connectivity index (χ2v) is 22.1. The standard InChI is InChI=1S/C59H82N14O13/c1-31(2)47(61)54(81)71-48(32(3)4)55(82)69-43(27-35-19-21-37(75)22-20-35)57(84)73-26-12-18-45(73)53(80)68-42(29-36-30-65-39-16-10-9-15-38(36)39)52(79)72-49(33(5)74)56(83)67-41(23-24-46(60)76)51(78)66-40(17-11-25-64-59(62)63)50(77)70-44(58(85)86)28-34-13-7-6-8-14-34/h6-10,13-16,19-22,30-33,40-45,47-49,65,74-75H,11-12,17-18,23-29,61H2,1-5H3,(H2,60,76)(H,66,78)(H,67,83)(H,68,80)(H,69,82)(H,70,77)(H,71,81)(H,72,79)(H,85,86)(H4,62,63,64)/t33?,40-,41-,42-,43-,44-,45-,47-,48-,49-/m0/s1. The Bertz CT molecular complexity index is 3040. The van der Waals surface area contributed by atoms with Gasteiger partial charge in [-0.1, -0.05) is 88.4 Å². The summed E-state index contributed by atoms with van der Waals surface area (Å²) in [5, 5.41) is 50.1. The van der Waals surface area contributed by atoms with Gasteiger partial charge in [-0.05, 0) is 85.8 Å². The number of aliphatic carboxylic acids is 1. The number of carbonyl (C=O) groups excluding carboxylic acids is 9. The highest BCUT2D eigenvalue weighted by atomic mass is 16.4. The number of carboxylic acid groups (broad SMARTS) is 1. The minimum absolute atomic E-state index is 0.00417. The molecule has 5 rings (SSSR count). The molecule has 27 nitrogen and oxygen atoms in total. The number of carboxylic acids is 1. The van der Waals surface area contributed by atoms with Crippen molar-refractivity contribution >= 4 is 76.0 Å². The third-order valence-electron chi connectivity index (χ3n) is 14.7. The number of H-pyrrole nitrogens is 1. The second kappa shape index (κ2) is 32.2. The summed E-state index contributed by atoms with van der Waals surface area (Å²) in [6.45, 7) is 8.17. The van der Waals surface area contributed by atoms with Crippen molar-refractivity contribution in [1.82, 2.24) is 47.1 Å². The van der Waals surface area contributed by atoms with E-state index in [2.05, 4.69) is 47.2 Å². The summed E-state index contributed by atoms with van der Waals surface area (Å²) in [5.74, 6) is -10.0. The number of aromatic nitrogens is 1. The number of aliphatic imine (C=N–C) groups is 1. The van der Waals surface area contributed by atoms with Gasteiger partial charge in [-0.25, -0.2) is 4.79 Å². The third kappa shape index (κ3) is 20.0. The van der Waals surface area contributed by atoms with Gasteiger partial charge >= 0.3 is 5.97 Å². The first-order valence-corrected chi connectivity index (χ1v) is 28.5. The number of benzene rings is 3. The average molecular weight is 1200 g/mol. The summed E-state index contributed by atoms with van der Waals surface area (Å²) >= 11 is 0. The van der Waals surface area contributed by atoms with Crippen molar-refractivity contribution in [1.29, 1.82) is 0 Å². The number of aromatic amines is 1. The van der Waals surface area contributed by atoms with E-state index in [9.17, 15) is 63.3 Å². The minimum atomic E-state index is -1.85. The SMILES string of the molecule is CC(C)[C@H](N)C(=O)N[C@H](C(=O)N[C@@H](Cc1ccc(O)cc1)C(=O)N1CCC[C@H]1C(=O)N[C@@H](Cc1c[nH]c2ccccc12)C(=O)N[C@H](C(=O)N[C@@H](CCC(N)=O)C(=O)N[C@@H](CCCN=C(N)N)C(=O)N[C@@H](Cc1ccccc1)C(=O)O)C(C)O)C(C)C. The zero-order chi connectivity index (χ0) is 63.4. The summed E-state index contributed by atoms with van der Waals surface area (Å²) in [6.07, 6.45) is -0.992. The lowest BCUT2D eigenvalue weighted by atomic mass is 9.98. The Kier molecular flexibility index (Phi) is 25.4. The lowest BCUT2D eigenvalue weighted by Crippen LogP contribution is -2.62.